The summed E-state index contributed by atoms with van der Waals surface area (Å²) in [6.07, 6.45) is 7.71. The zero-order valence-electron chi connectivity index (χ0n) is 10.0. The van der Waals surface area contributed by atoms with Gasteiger partial charge in [-0.2, -0.15) is 0 Å². The molecule has 0 aromatic heterocycles. The molecule has 2 aliphatic rings. The molecule has 0 aromatic rings. The van der Waals surface area contributed by atoms with Crippen LogP contribution in [0.4, 0.5) is 0 Å². The van der Waals surface area contributed by atoms with Crippen LogP contribution in [0.1, 0.15) is 44.9 Å². The zero-order chi connectivity index (χ0) is 11.2. The molecule has 0 aliphatic carbocycles. The van der Waals surface area contributed by atoms with E-state index in [-0.39, 0.29) is 5.92 Å². The standard InChI is InChI=1S/C13H23NO2/c15-13(11-4-3-9-16-10-11)7-6-12-5-1-2-8-14-12/h11-12,14H,1-10H2. The van der Waals surface area contributed by atoms with Crippen molar-refractivity contribution in [2.45, 2.75) is 51.0 Å². The van der Waals surface area contributed by atoms with Crippen molar-refractivity contribution in [3.8, 4) is 0 Å². The number of Topliss-reactive ketones (excluding diaryl/α,β-unsaturated/α-hetero) is 1. The summed E-state index contributed by atoms with van der Waals surface area (Å²) in [4.78, 5) is 11.9. The largest absolute Gasteiger partial charge is 0.381 e. The van der Waals surface area contributed by atoms with Gasteiger partial charge in [0, 0.05) is 25.0 Å². The van der Waals surface area contributed by atoms with Crippen molar-refractivity contribution in [1.82, 2.24) is 5.32 Å². The first-order valence-corrected chi connectivity index (χ1v) is 6.70. The third-order valence-corrected chi connectivity index (χ3v) is 3.77. The summed E-state index contributed by atoms with van der Waals surface area (Å²) in [5, 5.41) is 3.49. The third-order valence-electron chi connectivity index (χ3n) is 3.77. The fraction of sp³-hybridized carbons (Fsp3) is 0.923. The quantitative estimate of drug-likeness (QED) is 0.794. The second kappa shape index (κ2) is 6.36. The van der Waals surface area contributed by atoms with Gasteiger partial charge in [-0.3, -0.25) is 4.79 Å². The average Bonchev–Trinajstić information content (AvgIpc) is 2.38. The maximum Gasteiger partial charge on any atom is 0.138 e. The molecule has 0 amide bonds. The average molecular weight is 225 g/mol. The summed E-state index contributed by atoms with van der Waals surface area (Å²) < 4.78 is 5.36. The van der Waals surface area contributed by atoms with Gasteiger partial charge in [0.25, 0.3) is 0 Å². The lowest BCUT2D eigenvalue weighted by Crippen LogP contribution is -2.35. The lowest BCUT2D eigenvalue weighted by atomic mass is 9.92. The predicted molar refractivity (Wildman–Crippen MR) is 63.4 cm³/mol. The van der Waals surface area contributed by atoms with Crippen molar-refractivity contribution in [2.24, 2.45) is 5.92 Å². The van der Waals surface area contributed by atoms with Crippen molar-refractivity contribution in [3.05, 3.63) is 0 Å². The second-order valence-corrected chi connectivity index (χ2v) is 5.07. The highest BCUT2D eigenvalue weighted by atomic mass is 16.5. The van der Waals surface area contributed by atoms with E-state index in [0.29, 0.717) is 18.4 Å². The van der Waals surface area contributed by atoms with Gasteiger partial charge in [0.15, 0.2) is 0 Å². The molecule has 2 heterocycles. The molecule has 2 fully saturated rings. The number of hydrogen-bond donors (Lipinski definition) is 1. The van der Waals surface area contributed by atoms with Crippen molar-refractivity contribution in [3.63, 3.8) is 0 Å². The van der Waals surface area contributed by atoms with Crippen LogP contribution in [0.3, 0.4) is 0 Å². The molecule has 0 saturated carbocycles. The Bertz CT molecular complexity index is 218. The van der Waals surface area contributed by atoms with E-state index in [4.69, 9.17) is 4.74 Å². The summed E-state index contributed by atoms with van der Waals surface area (Å²) >= 11 is 0. The van der Waals surface area contributed by atoms with Crippen LogP contribution in [0.25, 0.3) is 0 Å². The summed E-state index contributed by atoms with van der Waals surface area (Å²) in [6, 6.07) is 0.585. The lowest BCUT2D eigenvalue weighted by Gasteiger charge is -2.25. The number of carbonyl (C=O) groups is 1. The van der Waals surface area contributed by atoms with Crippen LogP contribution >= 0.6 is 0 Å². The van der Waals surface area contributed by atoms with Gasteiger partial charge in [0.05, 0.1) is 6.61 Å². The molecule has 2 aliphatic heterocycles. The molecule has 1 N–H and O–H groups in total. The minimum absolute atomic E-state index is 0.192. The molecule has 0 bridgehead atoms. The van der Waals surface area contributed by atoms with Gasteiger partial charge in [-0.05, 0) is 38.6 Å². The van der Waals surface area contributed by atoms with Gasteiger partial charge in [-0.25, -0.2) is 0 Å². The monoisotopic (exact) mass is 225 g/mol. The van der Waals surface area contributed by atoms with Crippen LogP contribution in [-0.2, 0) is 9.53 Å². The molecule has 2 saturated heterocycles. The molecule has 0 spiro atoms. The smallest absolute Gasteiger partial charge is 0.138 e. The van der Waals surface area contributed by atoms with E-state index in [9.17, 15) is 4.79 Å². The Hall–Kier alpha value is -0.410. The highest BCUT2D eigenvalue weighted by molar-refractivity contribution is 5.81. The Morgan fingerprint density at radius 3 is 2.88 bits per heavy atom. The number of rotatable bonds is 4. The van der Waals surface area contributed by atoms with Crippen molar-refractivity contribution in [1.29, 1.82) is 0 Å². The van der Waals surface area contributed by atoms with E-state index in [1.165, 1.54) is 19.3 Å². The van der Waals surface area contributed by atoms with Gasteiger partial charge in [-0.1, -0.05) is 6.42 Å². The van der Waals surface area contributed by atoms with Crippen molar-refractivity contribution >= 4 is 5.78 Å². The van der Waals surface area contributed by atoms with E-state index in [2.05, 4.69) is 5.32 Å². The van der Waals surface area contributed by atoms with Gasteiger partial charge in [-0.15, -0.1) is 0 Å². The third kappa shape index (κ3) is 3.56. The predicted octanol–water partition coefficient (Wildman–Crippen LogP) is 1.90. The molecule has 0 radical (unpaired) electrons. The first-order valence-electron chi connectivity index (χ1n) is 6.70. The zero-order valence-corrected chi connectivity index (χ0v) is 10.0. The fourth-order valence-corrected chi connectivity index (χ4v) is 2.69. The lowest BCUT2D eigenvalue weighted by molar-refractivity contribution is -0.127. The molecular formula is C13H23NO2. The summed E-state index contributed by atoms with van der Waals surface area (Å²) in [6.45, 7) is 2.64. The number of piperidine rings is 1. The van der Waals surface area contributed by atoms with E-state index in [1.54, 1.807) is 0 Å². The highest BCUT2D eigenvalue weighted by Crippen LogP contribution is 2.19. The molecule has 2 rings (SSSR count). The van der Waals surface area contributed by atoms with E-state index in [0.717, 1.165) is 38.8 Å². The van der Waals surface area contributed by atoms with Gasteiger partial charge >= 0.3 is 0 Å². The molecular weight excluding hydrogens is 202 g/mol. The van der Waals surface area contributed by atoms with E-state index in [1.807, 2.05) is 0 Å². The Balaban J connectivity index is 1.65. The van der Waals surface area contributed by atoms with Crippen molar-refractivity contribution < 1.29 is 9.53 Å². The molecule has 3 heteroatoms. The number of carbonyl (C=O) groups excluding carboxylic acids is 1. The molecule has 2 unspecified atom stereocenters. The Morgan fingerprint density at radius 1 is 1.25 bits per heavy atom. The first-order chi connectivity index (χ1) is 7.86. The van der Waals surface area contributed by atoms with Crippen LogP contribution in [0.5, 0.6) is 0 Å². The summed E-state index contributed by atoms with van der Waals surface area (Å²) in [5.74, 6) is 0.615. The van der Waals surface area contributed by atoms with E-state index >= 15 is 0 Å². The van der Waals surface area contributed by atoms with Crippen LogP contribution < -0.4 is 5.32 Å². The highest BCUT2D eigenvalue weighted by Gasteiger charge is 2.22. The minimum atomic E-state index is 0.192. The summed E-state index contributed by atoms with van der Waals surface area (Å²) in [7, 11) is 0. The first kappa shape index (κ1) is 12.1. The normalized spacial score (nSPS) is 31.2. The molecule has 2 atom stereocenters. The van der Waals surface area contributed by atoms with Crippen LogP contribution in [0, 0.1) is 5.92 Å². The van der Waals surface area contributed by atoms with Crippen molar-refractivity contribution in [2.75, 3.05) is 19.8 Å². The Morgan fingerprint density at radius 2 is 2.19 bits per heavy atom. The maximum atomic E-state index is 11.9. The summed E-state index contributed by atoms with van der Waals surface area (Å²) in [5.41, 5.74) is 0. The van der Waals surface area contributed by atoms with Crippen LogP contribution in [0.15, 0.2) is 0 Å². The Labute approximate surface area is 97.9 Å². The SMILES string of the molecule is O=C(CCC1CCCCN1)C1CCCOC1. The molecule has 16 heavy (non-hydrogen) atoms. The van der Waals surface area contributed by atoms with Gasteiger partial charge < -0.3 is 10.1 Å². The topological polar surface area (TPSA) is 38.3 Å². The number of hydrogen-bond acceptors (Lipinski definition) is 3. The number of ether oxygens (including phenoxy) is 1. The van der Waals surface area contributed by atoms with Gasteiger partial charge in [0.1, 0.15) is 5.78 Å². The maximum absolute atomic E-state index is 11.9. The molecule has 0 aromatic carbocycles. The van der Waals surface area contributed by atoms with E-state index < -0.39 is 0 Å². The number of ketones is 1. The minimum Gasteiger partial charge on any atom is -0.381 e. The fourth-order valence-electron chi connectivity index (χ4n) is 2.69. The van der Waals surface area contributed by atoms with Crippen LogP contribution in [0.2, 0.25) is 0 Å². The van der Waals surface area contributed by atoms with Crippen LogP contribution in [-0.4, -0.2) is 31.6 Å². The van der Waals surface area contributed by atoms with Gasteiger partial charge in [0.2, 0.25) is 0 Å². The molecule has 92 valence electrons. The molecule has 3 nitrogen and oxygen atoms in total. The number of nitrogens with one attached hydrogen (secondary N) is 1. The second-order valence-electron chi connectivity index (χ2n) is 5.07. The Kier molecular flexibility index (Phi) is 4.79.